The van der Waals surface area contributed by atoms with E-state index in [1.165, 1.54) is 0 Å². The molecule has 0 aliphatic carbocycles. The quantitative estimate of drug-likeness (QED) is 0.783. The number of carbonyl (C=O) groups is 1. The van der Waals surface area contributed by atoms with Gasteiger partial charge in [0.15, 0.2) is 5.82 Å². The van der Waals surface area contributed by atoms with Crippen LogP contribution in [0, 0.1) is 13.8 Å². The molecule has 2 aromatic heterocycles. The lowest BCUT2D eigenvalue weighted by Gasteiger charge is -2.12. The number of nitrogens with one attached hydrogen (secondary N) is 1. The van der Waals surface area contributed by atoms with Gasteiger partial charge in [-0.3, -0.25) is 4.79 Å². The van der Waals surface area contributed by atoms with Crippen molar-refractivity contribution in [3.8, 4) is 11.4 Å². The molecule has 1 amide bonds. The highest BCUT2D eigenvalue weighted by molar-refractivity contribution is 5.76. The zero-order valence-corrected chi connectivity index (χ0v) is 14.0. The van der Waals surface area contributed by atoms with Crippen LogP contribution in [0.15, 0.2) is 47.1 Å². The van der Waals surface area contributed by atoms with Crippen molar-refractivity contribution in [1.82, 2.24) is 20.1 Å². The molecular formula is C18H20N4O2. The third kappa shape index (κ3) is 3.53. The Morgan fingerprint density at radius 3 is 2.83 bits per heavy atom. The van der Waals surface area contributed by atoms with Gasteiger partial charge >= 0.3 is 0 Å². The molecule has 0 fully saturated rings. The van der Waals surface area contributed by atoms with Crippen LogP contribution in [0.4, 0.5) is 0 Å². The molecule has 0 bridgehead atoms. The lowest BCUT2D eigenvalue weighted by molar-refractivity contribution is -0.122. The SMILES string of the molecule is Cc1cccc(-c2nc(C)nn2CC(=O)N[C@@H](C)c2ccco2)c1. The van der Waals surface area contributed by atoms with E-state index in [2.05, 4.69) is 15.4 Å². The number of aryl methyl sites for hydroxylation is 2. The molecular weight excluding hydrogens is 304 g/mol. The Balaban J connectivity index is 1.77. The van der Waals surface area contributed by atoms with Gasteiger partial charge < -0.3 is 9.73 Å². The van der Waals surface area contributed by atoms with Gasteiger partial charge in [0.25, 0.3) is 0 Å². The Hall–Kier alpha value is -2.89. The van der Waals surface area contributed by atoms with Crippen LogP contribution in [0.5, 0.6) is 0 Å². The van der Waals surface area contributed by atoms with Crippen molar-refractivity contribution in [2.75, 3.05) is 0 Å². The van der Waals surface area contributed by atoms with Crippen LogP contribution in [-0.2, 0) is 11.3 Å². The Kier molecular flexibility index (Phi) is 4.46. The Morgan fingerprint density at radius 1 is 1.29 bits per heavy atom. The Labute approximate surface area is 140 Å². The number of carbonyl (C=O) groups excluding carboxylic acids is 1. The average molecular weight is 324 g/mol. The number of benzene rings is 1. The second kappa shape index (κ2) is 6.70. The van der Waals surface area contributed by atoms with Gasteiger partial charge in [-0.15, -0.1) is 0 Å². The Bertz CT molecular complexity index is 837. The van der Waals surface area contributed by atoms with E-state index < -0.39 is 0 Å². The van der Waals surface area contributed by atoms with E-state index in [9.17, 15) is 4.79 Å². The summed E-state index contributed by atoms with van der Waals surface area (Å²) in [7, 11) is 0. The molecule has 0 unspecified atom stereocenters. The second-order valence-electron chi connectivity index (χ2n) is 5.81. The lowest BCUT2D eigenvalue weighted by Crippen LogP contribution is -2.30. The zero-order valence-electron chi connectivity index (χ0n) is 14.0. The normalized spacial score (nSPS) is 12.1. The summed E-state index contributed by atoms with van der Waals surface area (Å²) < 4.78 is 6.94. The topological polar surface area (TPSA) is 73.0 Å². The van der Waals surface area contributed by atoms with E-state index in [0.717, 1.165) is 16.9 Å². The minimum atomic E-state index is -0.195. The predicted molar refractivity (Wildman–Crippen MR) is 90.2 cm³/mol. The molecule has 1 aromatic carbocycles. The summed E-state index contributed by atoms with van der Waals surface area (Å²) in [5, 5.41) is 7.26. The molecule has 0 saturated heterocycles. The average Bonchev–Trinajstić information content (AvgIpc) is 3.17. The summed E-state index contributed by atoms with van der Waals surface area (Å²) in [6.07, 6.45) is 1.59. The number of hydrogen-bond donors (Lipinski definition) is 1. The first-order valence-electron chi connectivity index (χ1n) is 7.84. The van der Waals surface area contributed by atoms with Crippen molar-refractivity contribution in [1.29, 1.82) is 0 Å². The van der Waals surface area contributed by atoms with Crippen molar-refractivity contribution in [2.24, 2.45) is 0 Å². The molecule has 24 heavy (non-hydrogen) atoms. The lowest BCUT2D eigenvalue weighted by atomic mass is 10.1. The number of amides is 1. The van der Waals surface area contributed by atoms with E-state index in [-0.39, 0.29) is 18.5 Å². The molecule has 3 rings (SSSR count). The molecule has 0 aliphatic rings. The van der Waals surface area contributed by atoms with Crippen molar-refractivity contribution in [2.45, 2.75) is 33.4 Å². The second-order valence-corrected chi connectivity index (χ2v) is 5.81. The van der Waals surface area contributed by atoms with E-state index in [0.29, 0.717) is 11.6 Å². The molecule has 0 radical (unpaired) electrons. The van der Waals surface area contributed by atoms with Crippen molar-refractivity contribution < 1.29 is 9.21 Å². The smallest absolute Gasteiger partial charge is 0.242 e. The van der Waals surface area contributed by atoms with Crippen LogP contribution in [0.2, 0.25) is 0 Å². The first kappa shape index (κ1) is 16.0. The van der Waals surface area contributed by atoms with E-state index in [1.54, 1.807) is 17.0 Å². The van der Waals surface area contributed by atoms with E-state index in [1.807, 2.05) is 51.1 Å². The minimum absolute atomic E-state index is 0.106. The van der Waals surface area contributed by atoms with Gasteiger partial charge in [-0.2, -0.15) is 5.10 Å². The summed E-state index contributed by atoms with van der Waals surface area (Å²) in [5.74, 6) is 1.91. The van der Waals surface area contributed by atoms with Gasteiger partial charge in [0.05, 0.1) is 12.3 Å². The third-order valence-corrected chi connectivity index (χ3v) is 3.69. The maximum Gasteiger partial charge on any atom is 0.242 e. The zero-order chi connectivity index (χ0) is 17.1. The molecule has 0 aliphatic heterocycles. The van der Waals surface area contributed by atoms with Crippen molar-refractivity contribution in [3.63, 3.8) is 0 Å². The number of furan rings is 1. The highest BCUT2D eigenvalue weighted by Gasteiger charge is 2.16. The van der Waals surface area contributed by atoms with Gasteiger partial charge in [0.1, 0.15) is 18.1 Å². The maximum atomic E-state index is 12.3. The first-order chi connectivity index (χ1) is 11.5. The molecule has 124 valence electrons. The van der Waals surface area contributed by atoms with Crippen LogP contribution in [0.3, 0.4) is 0 Å². The van der Waals surface area contributed by atoms with Gasteiger partial charge in [-0.1, -0.05) is 23.8 Å². The molecule has 0 saturated carbocycles. The van der Waals surface area contributed by atoms with Gasteiger partial charge in [0.2, 0.25) is 5.91 Å². The number of hydrogen-bond acceptors (Lipinski definition) is 4. The fourth-order valence-electron chi connectivity index (χ4n) is 2.60. The third-order valence-electron chi connectivity index (χ3n) is 3.69. The molecule has 0 spiro atoms. The van der Waals surface area contributed by atoms with Crippen molar-refractivity contribution >= 4 is 5.91 Å². The molecule has 1 N–H and O–H groups in total. The number of rotatable bonds is 5. The van der Waals surface area contributed by atoms with Crippen LogP contribution < -0.4 is 5.32 Å². The van der Waals surface area contributed by atoms with Crippen LogP contribution in [0.25, 0.3) is 11.4 Å². The fraction of sp³-hybridized carbons (Fsp3) is 0.278. The summed E-state index contributed by atoms with van der Waals surface area (Å²) >= 11 is 0. The molecule has 2 heterocycles. The van der Waals surface area contributed by atoms with Crippen LogP contribution in [-0.4, -0.2) is 20.7 Å². The van der Waals surface area contributed by atoms with Crippen LogP contribution in [0.1, 0.15) is 30.1 Å². The predicted octanol–water partition coefficient (Wildman–Crippen LogP) is 3.03. The monoisotopic (exact) mass is 324 g/mol. The number of nitrogens with zero attached hydrogens (tertiary/aromatic N) is 3. The summed E-state index contributed by atoms with van der Waals surface area (Å²) in [4.78, 5) is 16.8. The Morgan fingerprint density at radius 2 is 2.12 bits per heavy atom. The fourth-order valence-corrected chi connectivity index (χ4v) is 2.60. The van der Waals surface area contributed by atoms with E-state index >= 15 is 0 Å². The maximum absolute atomic E-state index is 12.3. The van der Waals surface area contributed by atoms with Gasteiger partial charge in [-0.05, 0) is 39.0 Å². The molecule has 6 nitrogen and oxygen atoms in total. The van der Waals surface area contributed by atoms with Crippen LogP contribution >= 0.6 is 0 Å². The summed E-state index contributed by atoms with van der Waals surface area (Å²) in [6.45, 7) is 5.83. The van der Waals surface area contributed by atoms with Crippen molar-refractivity contribution in [3.05, 3.63) is 59.8 Å². The molecule has 1 atom stereocenters. The highest BCUT2D eigenvalue weighted by Crippen LogP contribution is 2.19. The van der Waals surface area contributed by atoms with Gasteiger partial charge in [0, 0.05) is 5.56 Å². The number of aromatic nitrogens is 3. The first-order valence-corrected chi connectivity index (χ1v) is 7.84. The molecule has 6 heteroatoms. The summed E-state index contributed by atoms with van der Waals surface area (Å²) in [6, 6.07) is 11.4. The van der Waals surface area contributed by atoms with E-state index in [4.69, 9.17) is 4.42 Å². The largest absolute Gasteiger partial charge is 0.467 e. The highest BCUT2D eigenvalue weighted by atomic mass is 16.3. The van der Waals surface area contributed by atoms with Gasteiger partial charge in [-0.25, -0.2) is 9.67 Å². The standard InChI is InChI=1S/C18H20N4O2/c1-12-6-4-7-15(10-12)18-20-14(3)21-22(18)11-17(23)19-13(2)16-8-5-9-24-16/h4-10,13H,11H2,1-3H3,(H,19,23)/t13-/m0/s1. The molecule has 3 aromatic rings. The minimum Gasteiger partial charge on any atom is -0.467 e. The summed E-state index contributed by atoms with van der Waals surface area (Å²) in [5.41, 5.74) is 2.08.